The summed E-state index contributed by atoms with van der Waals surface area (Å²) in [5, 5.41) is 2.45. The molecule has 2 amide bonds. The lowest BCUT2D eigenvalue weighted by molar-refractivity contribution is -0.157. The van der Waals surface area contributed by atoms with Gasteiger partial charge in [-0.25, -0.2) is 13.2 Å². The van der Waals surface area contributed by atoms with Crippen LogP contribution in [0.5, 0.6) is 0 Å². The standard InChI is InChI=1S/C20H24N2O6S/c1-3-15-16-11-17(29(26,27)10-9-21-13(2)23)18(22(16)19(15)24)20(25)28-12-14-7-5-4-6-8-14/h4-8,15-16H,3,9-12H2,1-2H3,(H,21,23). The van der Waals surface area contributed by atoms with Gasteiger partial charge in [0.2, 0.25) is 11.8 Å². The number of fused-ring (bicyclic) bond motifs is 1. The molecule has 8 nitrogen and oxygen atoms in total. The van der Waals surface area contributed by atoms with Crippen molar-refractivity contribution in [3.63, 3.8) is 0 Å². The molecule has 9 heteroatoms. The fourth-order valence-corrected chi connectivity index (χ4v) is 5.26. The molecule has 0 bridgehead atoms. The predicted molar refractivity (Wildman–Crippen MR) is 105 cm³/mol. The van der Waals surface area contributed by atoms with Gasteiger partial charge in [0.25, 0.3) is 0 Å². The number of nitrogens with zero attached hydrogens (tertiary/aromatic N) is 1. The normalized spacial score (nSPS) is 20.9. The zero-order valence-corrected chi connectivity index (χ0v) is 17.2. The minimum Gasteiger partial charge on any atom is -0.456 e. The van der Waals surface area contributed by atoms with Crippen molar-refractivity contribution in [2.24, 2.45) is 5.92 Å². The number of benzene rings is 1. The number of amides is 2. The summed E-state index contributed by atoms with van der Waals surface area (Å²) < 4.78 is 31.1. The summed E-state index contributed by atoms with van der Waals surface area (Å²) in [6.45, 7) is 3.07. The molecule has 1 saturated heterocycles. The smallest absolute Gasteiger partial charge is 0.356 e. The summed E-state index contributed by atoms with van der Waals surface area (Å²) in [7, 11) is -3.84. The van der Waals surface area contributed by atoms with Crippen LogP contribution >= 0.6 is 0 Å². The molecule has 0 saturated carbocycles. The van der Waals surface area contributed by atoms with Gasteiger partial charge in [0, 0.05) is 19.9 Å². The summed E-state index contributed by atoms with van der Waals surface area (Å²) in [5.41, 5.74) is 0.580. The van der Waals surface area contributed by atoms with Crippen molar-refractivity contribution < 1.29 is 27.5 Å². The number of rotatable bonds is 8. The molecule has 1 aromatic carbocycles. The Morgan fingerprint density at radius 3 is 2.55 bits per heavy atom. The van der Waals surface area contributed by atoms with E-state index in [9.17, 15) is 22.8 Å². The van der Waals surface area contributed by atoms with Crippen LogP contribution in [0.1, 0.15) is 32.3 Å². The van der Waals surface area contributed by atoms with Gasteiger partial charge in [-0.1, -0.05) is 37.3 Å². The second kappa shape index (κ2) is 8.36. The number of hydrogen-bond acceptors (Lipinski definition) is 6. The van der Waals surface area contributed by atoms with Crippen LogP contribution in [0.2, 0.25) is 0 Å². The Morgan fingerprint density at radius 1 is 1.24 bits per heavy atom. The number of β-lactam (4-membered cyclic amide) rings is 1. The number of ether oxygens (including phenoxy) is 1. The van der Waals surface area contributed by atoms with Gasteiger partial charge in [-0.3, -0.25) is 9.59 Å². The highest BCUT2D eigenvalue weighted by atomic mass is 32.2. The van der Waals surface area contributed by atoms with E-state index >= 15 is 0 Å². The number of esters is 1. The predicted octanol–water partition coefficient (Wildman–Crippen LogP) is 1.13. The molecule has 1 N–H and O–H groups in total. The third-order valence-electron chi connectivity index (χ3n) is 5.22. The monoisotopic (exact) mass is 420 g/mol. The maximum atomic E-state index is 12.9. The third-order valence-corrected chi connectivity index (χ3v) is 7.07. The van der Waals surface area contributed by atoms with E-state index in [0.29, 0.717) is 6.42 Å². The molecule has 3 rings (SSSR count). The number of carbonyl (C=O) groups is 3. The number of hydrogen-bond donors (Lipinski definition) is 1. The van der Waals surface area contributed by atoms with Gasteiger partial charge < -0.3 is 15.0 Å². The highest BCUT2D eigenvalue weighted by molar-refractivity contribution is 7.95. The zero-order valence-electron chi connectivity index (χ0n) is 16.4. The number of carbonyl (C=O) groups excluding carboxylic acids is 3. The molecular weight excluding hydrogens is 396 g/mol. The molecule has 2 aliphatic rings. The van der Waals surface area contributed by atoms with Crippen molar-refractivity contribution >= 4 is 27.6 Å². The van der Waals surface area contributed by atoms with Gasteiger partial charge in [0.15, 0.2) is 9.84 Å². The summed E-state index contributed by atoms with van der Waals surface area (Å²) in [4.78, 5) is 37.5. The van der Waals surface area contributed by atoms with E-state index in [1.807, 2.05) is 13.0 Å². The van der Waals surface area contributed by atoms with Crippen LogP contribution in [0.15, 0.2) is 40.9 Å². The van der Waals surface area contributed by atoms with Crippen LogP contribution < -0.4 is 5.32 Å². The van der Waals surface area contributed by atoms with Gasteiger partial charge in [-0.2, -0.15) is 0 Å². The first-order chi connectivity index (χ1) is 13.8. The quantitative estimate of drug-likeness (QED) is 0.499. The zero-order chi connectivity index (χ0) is 21.2. The minimum absolute atomic E-state index is 0.0215. The third kappa shape index (κ3) is 4.19. The van der Waals surface area contributed by atoms with Crippen molar-refractivity contribution in [2.75, 3.05) is 12.3 Å². The fraction of sp³-hybridized carbons (Fsp3) is 0.450. The summed E-state index contributed by atoms with van der Waals surface area (Å²) in [5.74, 6) is -2.06. The molecule has 0 aromatic heterocycles. The lowest BCUT2D eigenvalue weighted by atomic mass is 9.85. The molecule has 0 spiro atoms. The molecule has 2 unspecified atom stereocenters. The highest BCUT2D eigenvalue weighted by Crippen LogP contribution is 2.45. The molecule has 29 heavy (non-hydrogen) atoms. The van der Waals surface area contributed by atoms with Crippen molar-refractivity contribution in [3.8, 4) is 0 Å². The lowest BCUT2D eigenvalue weighted by Gasteiger charge is -2.43. The Balaban J connectivity index is 1.84. The van der Waals surface area contributed by atoms with Crippen LogP contribution in [0.4, 0.5) is 0 Å². The lowest BCUT2D eigenvalue weighted by Crippen LogP contribution is -2.58. The number of sulfone groups is 1. The second-order valence-corrected chi connectivity index (χ2v) is 9.26. The van der Waals surface area contributed by atoms with Gasteiger partial charge in [-0.05, 0) is 12.0 Å². The first kappa shape index (κ1) is 21.0. The molecule has 1 aromatic rings. The Kier molecular flexibility index (Phi) is 6.07. The maximum Gasteiger partial charge on any atom is 0.356 e. The molecule has 2 heterocycles. The molecule has 0 radical (unpaired) electrons. The SMILES string of the molecule is CCC1C(=O)N2C(C(=O)OCc3ccccc3)=C(S(=O)(=O)CCNC(C)=O)CC12. The molecule has 2 aliphatic heterocycles. The first-order valence-corrected chi connectivity index (χ1v) is 11.2. The molecule has 2 atom stereocenters. The van der Waals surface area contributed by atoms with Crippen molar-refractivity contribution in [1.29, 1.82) is 0 Å². The largest absolute Gasteiger partial charge is 0.456 e. The summed E-state index contributed by atoms with van der Waals surface area (Å²) in [6, 6.07) is 8.67. The Hall–Kier alpha value is -2.68. The van der Waals surface area contributed by atoms with Crippen LogP contribution in [0.25, 0.3) is 0 Å². The molecule has 156 valence electrons. The van der Waals surface area contributed by atoms with Crippen molar-refractivity contribution in [1.82, 2.24) is 10.2 Å². The van der Waals surface area contributed by atoms with E-state index < -0.39 is 15.8 Å². The highest BCUT2D eigenvalue weighted by Gasteiger charge is 2.56. The Morgan fingerprint density at radius 2 is 1.93 bits per heavy atom. The van der Waals surface area contributed by atoms with E-state index in [-0.39, 0.29) is 59.7 Å². The average Bonchev–Trinajstić information content (AvgIpc) is 3.03. The van der Waals surface area contributed by atoms with Crippen molar-refractivity contribution in [3.05, 3.63) is 46.5 Å². The van der Waals surface area contributed by atoms with E-state index in [0.717, 1.165) is 5.56 Å². The van der Waals surface area contributed by atoms with Gasteiger partial charge in [-0.15, -0.1) is 0 Å². The topological polar surface area (TPSA) is 110 Å². The Labute approximate surface area is 169 Å². The minimum atomic E-state index is -3.84. The second-order valence-electron chi connectivity index (χ2n) is 7.13. The van der Waals surface area contributed by atoms with Gasteiger partial charge in [0.05, 0.1) is 22.6 Å². The van der Waals surface area contributed by atoms with Crippen LogP contribution in [0, 0.1) is 5.92 Å². The first-order valence-electron chi connectivity index (χ1n) is 9.50. The summed E-state index contributed by atoms with van der Waals surface area (Å²) in [6.07, 6.45) is 0.675. The van der Waals surface area contributed by atoms with Gasteiger partial charge >= 0.3 is 5.97 Å². The molecule has 0 aliphatic carbocycles. The van der Waals surface area contributed by atoms with Gasteiger partial charge in [0.1, 0.15) is 12.3 Å². The van der Waals surface area contributed by atoms with Crippen LogP contribution in [0.3, 0.4) is 0 Å². The van der Waals surface area contributed by atoms with E-state index in [1.165, 1.54) is 11.8 Å². The fourth-order valence-electron chi connectivity index (χ4n) is 3.74. The number of nitrogens with one attached hydrogen (secondary N) is 1. The van der Waals surface area contributed by atoms with E-state index in [4.69, 9.17) is 4.74 Å². The molecule has 1 fully saturated rings. The average molecular weight is 420 g/mol. The van der Waals surface area contributed by atoms with Crippen LogP contribution in [-0.4, -0.2) is 49.4 Å². The van der Waals surface area contributed by atoms with E-state index in [2.05, 4.69) is 5.32 Å². The maximum absolute atomic E-state index is 12.9. The van der Waals surface area contributed by atoms with E-state index in [1.54, 1.807) is 24.3 Å². The van der Waals surface area contributed by atoms with Crippen molar-refractivity contribution in [2.45, 2.75) is 39.3 Å². The van der Waals surface area contributed by atoms with Crippen LogP contribution in [-0.2, 0) is 35.6 Å². The molecular formula is C20H24N2O6S. The summed E-state index contributed by atoms with van der Waals surface area (Å²) >= 11 is 0. The Bertz CT molecular complexity index is 954.